The Hall–Kier alpha value is -2.96. The molecule has 5 nitrogen and oxygen atoms in total. The number of aryl methyl sites for hydroxylation is 2. The first kappa shape index (κ1) is 21.6. The van der Waals surface area contributed by atoms with Gasteiger partial charge in [0.25, 0.3) is 0 Å². The zero-order chi connectivity index (χ0) is 22.7. The zero-order valence-corrected chi connectivity index (χ0v) is 20.3. The van der Waals surface area contributed by atoms with Gasteiger partial charge in [0.1, 0.15) is 28.8 Å². The number of fused-ring (bicyclic) bond motifs is 3. The van der Waals surface area contributed by atoms with Gasteiger partial charge in [-0.3, -0.25) is 4.90 Å². The fourth-order valence-electron chi connectivity index (χ4n) is 5.10. The highest BCUT2D eigenvalue weighted by Crippen LogP contribution is 2.41. The molecule has 3 heterocycles. The van der Waals surface area contributed by atoms with Crippen molar-refractivity contribution in [3.63, 3.8) is 0 Å². The van der Waals surface area contributed by atoms with Gasteiger partial charge < -0.3 is 9.64 Å². The van der Waals surface area contributed by atoms with Crippen molar-refractivity contribution in [1.29, 1.82) is 0 Å². The van der Waals surface area contributed by atoms with Gasteiger partial charge in [-0.2, -0.15) is 0 Å². The van der Waals surface area contributed by atoms with Crippen molar-refractivity contribution >= 4 is 27.4 Å². The van der Waals surface area contributed by atoms with Crippen LogP contribution in [0.4, 0.5) is 5.82 Å². The molecule has 0 radical (unpaired) electrons. The lowest BCUT2D eigenvalue weighted by Gasteiger charge is -2.35. The highest BCUT2D eigenvalue weighted by Gasteiger charge is 2.26. The van der Waals surface area contributed by atoms with Crippen LogP contribution in [0.1, 0.15) is 28.2 Å². The van der Waals surface area contributed by atoms with Gasteiger partial charge in [-0.05, 0) is 42.5 Å². The second-order valence-corrected chi connectivity index (χ2v) is 10.2. The summed E-state index contributed by atoms with van der Waals surface area (Å²) < 4.78 is 5.92. The Kier molecular flexibility index (Phi) is 6.17. The number of ether oxygens (including phenoxy) is 1. The van der Waals surface area contributed by atoms with Crippen molar-refractivity contribution in [3.05, 3.63) is 82.5 Å². The number of hydrogen-bond donors (Lipinski definition) is 0. The molecule has 2 aromatic carbocycles. The summed E-state index contributed by atoms with van der Waals surface area (Å²) >= 11 is 1.89. The number of hydrogen-bond acceptors (Lipinski definition) is 6. The van der Waals surface area contributed by atoms with E-state index < -0.39 is 0 Å². The first-order chi connectivity index (χ1) is 16.8. The molecule has 1 saturated heterocycles. The van der Waals surface area contributed by atoms with E-state index in [9.17, 15) is 0 Å². The fourth-order valence-corrected chi connectivity index (χ4v) is 6.37. The van der Waals surface area contributed by atoms with Crippen molar-refractivity contribution < 1.29 is 4.74 Å². The Morgan fingerprint density at radius 3 is 2.41 bits per heavy atom. The number of thiophene rings is 1. The fraction of sp³-hybridized carbons (Fsp3) is 0.357. The SMILES string of the molecule is c1ccc(Cc2nc(N3CCN(CCOc4ccccc4)CC3)c3c4c(sc3n2)CCC4)cc1. The normalized spacial score (nSPS) is 16.2. The average molecular weight is 471 g/mol. The van der Waals surface area contributed by atoms with E-state index in [1.54, 1.807) is 0 Å². The van der Waals surface area contributed by atoms with Gasteiger partial charge in [0.05, 0.1) is 5.39 Å². The predicted molar refractivity (Wildman–Crippen MR) is 139 cm³/mol. The standard InChI is InChI=1S/C28H30N4OS/c1-3-8-21(9-4-1)20-25-29-27(26-23-12-7-13-24(23)34-28(26)30-25)32-16-14-31(15-17-32)18-19-33-22-10-5-2-6-11-22/h1-6,8-11H,7,12-20H2. The third kappa shape index (κ3) is 4.52. The number of piperazine rings is 1. The van der Waals surface area contributed by atoms with E-state index in [1.165, 1.54) is 45.5 Å². The Morgan fingerprint density at radius 2 is 1.62 bits per heavy atom. The molecule has 34 heavy (non-hydrogen) atoms. The van der Waals surface area contributed by atoms with Crippen molar-refractivity contribution in [2.24, 2.45) is 0 Å². The lowest BCUT2D eigenvalue weighted by Crippen LogP contribution is -2.48. The summed E-state index contributed by atoms with van der Waals surface area (Å²) in [7, 11) is 0. The summed E-state index contributed by atoms with van der Waals surface area (Å²) in [5.41, 5.74) is 2.78. The topological polar surface area (TPSA) is 41.5 Å². The van der Waals surface area contributed by atoms with Crippen LogP contribution in [0.5, 0.6) is 5.75 Å². The summed E-state index contributed by atoms with van der Waals surface area (Å²) in [4.78, 5) is 17.9. The van der Waals surface area contributed by atoms with Crippen LogP contribution >= 0.6 is 11.3 Å². The van der Waals surface area contributed by atoms with E-state index in [2.05, 4.69) is 40.1 Å². The first-order valence-electron chi connectivity index (χ1n) is 12.3. The predicted octanol–water partition coefficient (Wildman–Crippen LogP) is 4.97. The van der Waals surface area contributed by atoms with Crippen LogP contribution < -0.4 is 9.64 Å². The Balaban J connectivity index is 1.19. The lowest BCUT2D eigenvalue weighted by atomic mass is 10.1. The maximum absolute atomic E-state index is 5.92. The summed E-state index contributed by atoms with van der Waals surface area (Å²) in [6, 6.07) is 20.7. The van der Waals surface area contributed by atoms with Crippen LogP contribution in [0.3, 0.4) is 0 Å². The van der Waals surface area contributed by atoms with E-state index in [0.717, 1.165) is 63.1 Å². The molecule has 0 N–H and O–H groups in total. The van der Waals surface area contributed by atoms with E-state index >= 15 is 0 Å². The second-order valence-electron chi connectivity index (χ2n) is 9.15. The quantitative estimate of drug-likeness (QED) is 0.381. The van der Waals surface area contributed by atoms with Gasteiger partial charge in [-0.25, -0.2) is 9.97 Å². The molecule has 0 unspecified atom stereocenters. The number of anilines is 1. The minimum atomic E-state index is 0.723. The van der Waals surface area contributed by atoms with Crippen LogP contribution in [0.2, 0.25) is 0 Å². The lowest BCUT2D eigenvalue weighted by molar-refractivity contribution is 0.200. The van der Waals surface area contributed by atoms with Crippen LogP contribution in [0.25, 0.3) is 10.2 Å². The van der Waals surface area contributed by atoms with Gasteiger partial charge in [0.15, 0.2) is 0 Å². The minimum absolute atomic E-state index is 0.723. The molecule has 0 saturated carbocycles. The highest BCUT2D eigenvalue weighted by molar-refractivity contribution is 7.19. The Bertz CT molecular complexity index is 1250. The molecule has 6 rings (SSSR count). The van der Waals surface area contributed by atoms with Crippen LogP contribution in [0, 0.1) is 0 Å². The molecule has 174 valence electrons. The summed E-state index contributed by atoms with van der Waals surface area (Å²) in [5, 5.41) is 1.33. The smallest absolute Gasteiger partial charge is 0.141 e. The first-order valence-corrected chi connectivity index (χ1v) is 13.2. The molecule has 0 bridgehead atoms. The van der Waals surface area contributed by atoms with Crippen LogP contribution in [-0.4, -0.2) is 54.2 Å². The Morgan fingerprint density at radius 1 is 0.853 bits per heavy atom. The number of nitrogens with zero attached hydrogens (tertiary/aromatic N) is 4. The van der Waals surface area contributed by atoms with Gasteiger partial charge in [-0.1, -0.05) is 48.5 Å². The molecule has 0 atom stereocenters. The van der Waals surface area contributed by atoms with E-state index in [1.807, 2.05) is 41.7 Å². The molecule has 1 fully saturated rings. The van der Waals surface area contributed by atoms with Gasteiger partial charge in [0.2, 0.25) is 0 Å². The Labute approximate surface area is 205 Å². The number of aromatic nitrogens is 2. The zero-order valence-electron chi connectivity index (χ0n) is 19.4. The average Bonchev–Trinajstić information content (AvgIpc) is 3.47. The number of benzene rings is 2. The van der Waals surface area contributed by atoms with Crippen LogP contribution in [0.15, 0.2) is 60.7 Å². The van der Waals surface area contributed by atoms with E-state index in [0.29, 0.717) is 0 Å². The van der Waals surface area contributed by atoms with Crippen molar-refractivity contribution in [1.82, 2.24) is 14.9 Å². The molecule has 1 aliphatic heterocycles. The number of para-hydroxylation sites is 1. The molecule has 0 spiro atoms. The van der Waals surface area contributed by atoms with Gasteiger partial charge >= 0.3 is 0 Å². The monoisotopic (exact) mass is 470 g/mol. The molecule has 0 amide bonds. The molecule has 2 aromatic heterocycles. The highest BCUT2D eigenvalue weighted by atomic mass is 32.1. The van der Waals surface area contributed by atoms with Gasteiger partial charge in [0, 0.05) is 44.0 Å². The summed E-state index contributed by atoms with van der Waals surface area (Å²) in [5.74, 6) is 3.05. The molecule has 4 aromatic rings. The van der Waals surface area contributed by atoms with Gasteiger partial charge in [-0.15, -0.1) is 11.3 Å². The molecule has 2 aliphatic rings. The van der Waals surface area contributed by atoms with E-state index in [-0.39, 0.29) is 0 Å². The third-order valence-corrected chi connectivity index (χ3v) is 8.07. The largest absolute Gasteiger partial charge is 0.492 e. The third-order valence-electron chi connectivity index (χ3n) is 6.89. The van der Waals surface area contributed by atoms with Crippen molar-refractivity contribution in [2.45, 2.75) is 25.7 Å². The molecule has 1 aliphatic carbocycles. The summed E-state index contributed by atoms with van der Waals surface area (Å²) in [6.45, 7) is 5.73. The summed E-state index contributed by atoms with van der Waals surface area (Å²) in [6.07, 6.45) is 4.40. The second kappa shape index (κ2) is 9.72. The minimum Gasteiger partial charge on any atom is -0.492 e. The van der Waals surface area contributed by atoms with E-state index in [4.69, 9.17) is 14.7 Å². The van der Waals surface area contributed by atoms with Crippen molar-refractivity contribution in [2.75, 3.05) is 44.2 Å². The van der Waals surface area contributed by atoms with Crippen LogP contribution in [-0.2, 0) is 19.3 Å². The number of rotatable bonds is 7. The molecular weight excluding hydrogens is 440 g/mol. The molecular formula is C28H30N4OS. The molecule has 6 heteroatoms. The van der Waals surface area contributed by atoms with Crippen molar-refractivity contribution in [3.8, 4) is 5.75 Å². The maximum Gasteiger partial charge on any atom is 0.141 e. The maximum atomic E-state index is 5.92.